The van der Waals surface area contributed by atoms with E-state index >= 15 is 0 Å². The van der Waals surface area contributed by atoms with Crippen molar-refractivity contribution in [1.82, 2.24) is 14.5 Å². The summed E-state index contributed by atoms with van der Waals surface area (Å²) in [6, 6.07) is 10.3. The molecular weight excluding hydrogens is 302 g/mol. The van der Waals surface area contributed by atoms with E-state index in [2.05, 4.69) is 35.6 Å². The Morgan fingerprint density at radius 1 is 1.38 bits per heavy atom. The Kier molecular flexibility index (Phi) is 4.52. The molecule has 1 saturated heterocycles. The van der Waals surface area contributed by atoms with Crippen LogP contribution in [-0.2, 0) is 4.79 Å². The third-order valence-corrected chi connectivity index (χ3v) is 4.67. The van der Waals surface area contributed by atoms with Crippen LogP contribution in [0, 0.1) is 23.3 Å². The van der Waals surface area contributed by atoms with Crippen molar-refractivity contribution in [2.45, 2.75) is 19.9 Å². The number of aromatic nitrogens is 2. The van der Waals surface area contributed by atoms with Crippen molar-refractivity contribution in [3.63, 3.8) is 0 Å². The molecule has 1 aliphatic rings. The maximum absolute atomic E-state index is 12.4. The number of likely N-dealkylation sites (tertiary alicyclic amines) is 1. The number of benzene rings is 1. The largest absolute Gasteiger partial charge is 0.328 e. The molecule has 6 nitrogen and oxygen atoms in total. The Bertz CT molecular complexity index is 748. The molecule has 0 radical (unpaired) electrons. The van der Waals surface area contributed by atoms with Gasteiger partial charge in [0.15, 0.2) is 12.0 Å². The fourth-order valence-corrected chi connectivity index (χ4v) is 3.13. The van der Waals surface area contributed by atoms with Gasteiger partial charge in [0.05, 0.1) is 18.3 Å². The number of rotatable bonds is 4. The average Bonchev–Trinajstić information content (AvgIpc) is 3.21. The summed E-state index contributed by atoms with van der Waals surface area (Å²) in [5.74, 6) is 0.458. The first-order valence-corrected chi connectivity index (χ1v) is 8.12. The van der Waals surface area contributed by atoms with Crippen molar-refractivity contribution in [2.24, 2.45) is 11.8 Å². The predicted octanol–water partition coefficient (Wildman–Crippen LogP) is 2.48. The topological polar surface area (TPSA) is 74.0 Å². The van der Waals surface area contributed by atoms with Crippen molar-refractivity contribution in [3.8, 4) is 6.19 Å². The summed E-state index contributed by atoms with van der Waals surface area (Å²) in [5.41, 5.74) is 1.18. The summed E-state index contributed by atoms with van der Waals surface area (Å²) < 4.78 is 1.98. The normalized spacial score (nSPS) is 21.3. The number of carbonyl (C=O) groups is 1. The number of nitrogens with zero attached hydrogens (tertiary/aromatic N) is 4. The van der Waals surface area contributed by atoms with Crippen LogP contribution in [0.4, 0.5) is 5.82 Å². The first-order chi connectivity index (χ1) is 11.6. The van der Waals surface area contributed by atoms with E-state index in [-0.39, 0.29) is 23.8 Å². The molecule has 1 aromatic carbocycles. The molecule has 0 bridgehead atoms. The molecule has 1 aromatic heterocycles. The van der Waals surface area contributed by atoms with Crippen molar-refractivity contribution >= 4 is 11.7 Å². The molecule has 1 N–H and O–H groups in total. The molecule has 2 heterocycles. The number of amides is 1. The average molecular weight is 323 g/mol. The third-order valence-electron chi connectivity index (χ3n) is 4.67. The second-order valence-corrected chi connectivity index (χ2v) is 6.37. The van der Waals surface area contributed by atoms with Gasteiger partial charge in [0.2, 0.25) is 5.91 Å². The molecular formula is C18H21N5O. The Labute approximate surface area is 141 Å². The Hall–Kier alpha value is -2.81. The first kappa shape index (κ1) is 16.1. The van der Waals surface area contributed by atoms with Gasteiger partial charge in [0, 0.05) is 19.3 Å². The van der Waals surface area contributed by atoms with Gasteiger partial charge in [-0.25, -0.2) is 4.98 Å². The fourth-order valence-electron chi connectivity index (χ4n) is 3.13. The van der Waals surface area contributed by atoms with Crippen LogP contribution in [0.3, 0.4) is 0 Å². The predicted molar refractivity (Wildman–Crippen MR) is 91.0 cm³/mol. The summed E-state index contributed by atoms with van der Waals surface area (Å²) in [5, 5.41) is 11.9. The zero-order valence-corrected chi connectivity index (χ0v) is 13.9. The van der Waals surface area contributed by atoms with Crippen LogP contribution in [0.1, 0.15) is 25.5 Å². The molecule has 3 rings (SSSR count). The molecule has 1 aliphatic heterocycles. The lowest BCUT2D eigenvalue weighted by molar-refractivity contribution is -0.120. The molecule has 0 saturated carbocycles. The lowest BCUT2D eigenvalue weighted by Gasteiger charge is -2.14. The number of carbonyl (C=O) groups excluding carboxylic acids is 1. The van der Waals surface area contributed by atoms with Gasteiger partial charge in [-0.15, -0.1) is 0 Å². The fraction of sp³-hybridized carbons (Fsp3) is 0.389. The minimum Gasteiger partial charge on any atom is -0.328 e. The van der Waals surface area contributed by atoms with Crippen LogP contribution in [-0.4, -0.2) is 33.4 Å². The lowest BCUT2D eigenvalue weighted by Crippen LogP contribution is -2.28. The molecule has 1 amide bonds. The van der Waals surface area contributed by atoms with Gasteiger partial charge in [0.1, 0.15) is 0 Å². The van der Waals surface area contributed by atoms with Gasteiger partial charge in [0.25, 0.3) is 0 Å². The van der Waals surface area contributed by atoms with Crippen LogP contribution < -0.4 is 5.32 Å². The summed E-state index contributed by atoms with van der Waals surface area (Å²) >= 11 is 0. The molecule has 0 spiro atoms. The van der Waals surface area contributed by atoms with Crippen molar-refractivity contribution in [3.05, 3.63) is 48.4 Å². The first-order valence-electron chi connectivity index (χ1n) is 8.12. The highest BCUT2D eigenvalue weighted by Gasteiger charge is 2.34. The van der Waals surface area contributed by atoms with Gasteiger partial charge in [-0.3, -0.25) is 4.79 Å². The van der Waals surface area contributed by atoms with E-state index < -0.39 is 0 Å². The number of hydrogen-bond acceptors (Lipinski definition) is 4. The lowest BCUT2D eigenvalue weighted by atomic mass is 9.97. The highest BCUT2D eigenvalue weighted by atomic mass is 16.2. The molecule has 124 valence electrons. The quantitative estimate of drug-likeness (QED) is 0.877. The summed E-state index contributed by atoms with van der Waals surface area (Å²) in [4.78, 5) is 18.4. The monoisotopic (exact) mass is 323 g/mol. The van der Waals surface area contributed by atoms with Crippen LogP contribution in [0.2, 0.25) is 0 Å². The number of imidazole rings is 1. The van der Waals surface area contributed by atoms with E-state index in [1.54, 1.807) is 11.2 Å². The van der Waals surface area contributed by atoms with Crippen molar-refractivity contribution in [2.75, 3.05) is 18.4 Å². The molecule has 3 atom stereocenters. The molecule has 0 unspecified atom stereocenters. The van der Waals surface area contributed by atoms with Crippen LogP contribution in [0.15, 0.2) is 42.9 Å². The summed E-state index contributed by atoms with van der Waals surface area (Å²) in [6.07, 6.45) is 5.69. The van der Waals surface area contributed by atoms with Crippen LogP contribution in [0.5, 0.6) is 0 Å². The van der Waals surface area contributed by atoms with E-state index in [0.717, 1.165) is 0 Å². The molecule has 6 heteroatoms. The SMILES string of the molecule is C[C@@H]1CN(C#N)C[C@H]1C(=O)Nc1cn([C@@H](C)c2ccccc2)cn1. The van der Waals surface area contributed by atoms with E-state index in [9.17, 15) is 4.79 Å². The highest BCUT2D eigenvalue weighted by molar-refractivity contribution is 5.92. The Morgan fingerprint density at radius 2 is 2.12 bits per heavy atom. The second kappa shape index (κ2) is 6.75. The van der Waals surface area contributed by atoms with E-state index in [1.165, 1.54) is 5.56 Å². The Morgan fingerprint density at radius 3 is 2.79 bits per heavy atom. The number of nitriles is 1. The molecule has 24 heavy (non-hydrogen) atoms. The van der Waals surface area contributed by atoms with Crippen LogP contribution in [0.25, 0.3) is 0 Å². The van der Waals surface area contributed by atoms with Gasteiger partial charge in [-0.2, -0.15) is 5.26 Å². The minimum atomic E-state index is -0.179. The zero-order valence-electron chi connectivity index (χ0n) is 13.9. The number of anilines is 1. The smallest absolute Gasteiger partial charge is 0.230 e. The molecule has 2 aromatic rings. The minimum absolute atomic E-state index is 0.0714. The van der Waals surface area contributed by atoms with Gasteiger partial charge < -0.3 is 14.8 Å². The van der Waals surface area contributed by atoms with Gasteiger partial charge in [-0.05, 0) is 18.4 Å². The van der Waals surface area contributed by atoms with E-state index in [0.29, 0.717) is 18.9 Å². The van der Waals surface area contributed by atoms with Crippen LogP contribution >= 0.6 is 0 Å². The van der Waals surface area contributed by atoms with Crippen molar-refractivity contribution < 1.29 is 4.79 Å². The Balaban J connectivity index is 1.66. The zero-order chi connectivity index (χ0) is 17.1. The van der Waals surface area contributed by atoms with E-state index in [4.69, 9.17) is 5.26 Å². The summed E-state index contributed by atoms with van der Waals surface area (Å²) in [6.45, 7) is 5.20. The summed E-state index contributed by atoms with van der Waals surface area (Å²) in [7, 11) is 0. The highest BCUT2D eigenvalue weighted by Crippen LogP contribution is 2.24. The van der Waals surface area contributed by atoms with Gasteiger partial charge >= 0.3 is 0 Å². The maximum atomic E-state index is 12.4. The van der Waals surface area contributed by atoms with Crippen molar-refractivity contribution in [1.29, 1.82) is 5.26 Å². The number of hydrogen-bond donors (Lipinski definition) is 1. The molecule has 1 fully saturated rings. The second-order valence-electron chi connectivity index (χ2n) is 6.37. The molecule has 0 aliphatic carbocycles. The standard InChI is InChI=1S/C18H21N5O/c1-13-8-22(11-19)9-16(13)18(24)21-17-10-23(12-20-17)14(2)15-6-4-3-5-7-15/h3-7,10,12-14,16H,8-9H2,1-2H3,(H,21,24)/t13-,14+,16-/m1/s1. The van der Waals surface area contributed by atoms with Gasteiger partial charge in [-0.1, -0.05) is 37.3 Å². The maximum Gasteiger partial charge on any atom is 0.230 e. The van der Waals surface area contributed by atoms with E-state index in [1.807, 2.05) is 35.9 Å². The third kappa shape index (κ3) is 3.25. The number of nitrogens with one attached hydrogen (secondary N) is 1.